The summed E-state index contributed by atoms with van der Waals surface area (Å²) in [5.74, 6) is 0.544. The number of benzene rings is 2. The van der Waals surface area contributed by atoms with E-state index in [0.717, 1.165) is 31.2 Å². The van der Waals surface area contributed by atoms with Crippen LogP contribution >= 0.6 is 0 Å². The predicted octanol–water partition coefficient (Wildman–Crippen LogP) is 6.78. The maximum Gasteiger partial charge on any atom is 0.337 e. The summed E-state index contributed by atoms with van der Waals surface area (Å²) in [5, 5.41) is 10.1. The molecule has 0 fully saturated rings. The molecule has 1 heterocycles. The molecule has 2 aromatic carbocycles. The molecule has 1 N–H and O–H groups in total. The number of phenols is 1. The second-order valence-electron chi connectivity index (χ2n) is 11.9. The lowest BCUT2D eigenvalue weighted by Crippen LogP contribution is -2.40. The summed E-state index contributed by atoms with van der Waals surface area (Å²) < 4.78 is 4.87. The number of hydrogen-bond donors (Lipinski definition) is 1. The molecular formula is C31H42N2O4. The molecule has 3 atom stereocenters. The van der Waals surface area contributed by atoms with E-state index in [2.05, 4.69) is 41.5 Å². The van der Waals surface area contributed by atoms with Gasteiger partial charge in [0.05, 0.1) is 18.7 Å². The molecule has 0 radical (unpaired) electrons. The van der Waals surface area contributed by atoms with Crippen LogP contribution in [0.1, 0.15) is 94.8 Å². The maximum atomic E-state index is 14.0. The van der Waals surface area contributed by atoms with Crippen LogP contribution in [0.25, 0.3) is 0 Å². The molecule has 0 saturated heterocycles. The minimum atomic E-state index is -0.384. The van der Waals surface area contributed by atoms with Gasteiger partial charge in [0.2, 0.25) is 0 Å². The second-order valence-corrected chi connectivity index (χ2v) is 11.9. The van der Waals surface area contributed by atoms with Crippen LogP contribution in [0.2, 0.25) is 0 Å². The lowest BCUT2D eigenvalue weighted by atomic mass is 9.86. The third-order valence-electron chi connectivity index (χ3n) is 6.86. The van der Waals surface area contributed by atoms with Crippen molar-refractivity contribution >= 4 is 17.6 Å². The Morgan fingerprint density at radius 2 is 1.78 bits per heavy atom. The van der Waals surface area contributed by atoms with Crippen LogP contribution in [0, 0.1) is 17.3 Å². The number of rotatable bonds is 10. The molecule has 2 aromatic rings. The van der Waals surface area contributed by atoms with Crippen LogP contribution in [0.15, 0.2) is 53.5 Å². The van der Waals surface area contributed by atoms with Crippen molar-refractivity contribution in [2.75, 3.05) is 7.11 Å². The van der Waals surface area contributed by atoms with Gasteiger partial charge in [-0.2, -0.15) is 0 Å². The van der Waals surface area contributed by atoms with E-state index in [0.29, 0.717) is 28.7 Å². The zero-order valence-electron chi connectivity index (χ0n) is 23.3. The fourth-order valence-electron chi connectivity index (χ4n) is 5.15. The highest BCUT2D eigenvalue weighted by molar-refractivity contribution is 6.46. The van der Waals surface area contributed by atoms with Gasteiger partial charge in [-0.05, 0) is 72.8 Å². The monoisotopic (exact) mass is 506 g/mol. The van der Waals surface area contributed by atoms with E-state index in [1.54, 1.807) is 30.3 Å². The Morgan fingerprint density at radius 1 is 1.11 bits per heavy atom. The molecule has 37 heavy (non-hydrogen) atoms. The van der Waals surface area contributed by atoms with Gasteiger partial charge in [-0.15, -0.1) is 0 Å². The topological polar surface area (TPSA) is 79.2 Å². The highest BCUT2D eigenvalue weighted by atomic mass is 16.5. The number of methoxy groups -OCH3 is 1. The van der Waals surface area contributed by atoms with Gasteiger partial charge in [0.15, 0.2) is 0 Å². The summed E-state index contributed by atoms with van der Waals surface area (Å²) in [6, 6.07) is 13.9. The Kier molecular flexibility index (Phi) is 9.16. The molecular weight excluding hydrogens is 464 g/mol. The summed E-state index contributed by atoms with van der Waals surface area (Å²) in [7, 11) is 1.37. The first kappa shape index (κ1) is 28.4. The second kappa shape index (κ2) is 11.9. The smallest absolute Gasteiger partial charge is 0.337 e. The number of carbonyl (C=O) groups is 2. The molecule has 0 saturated carbocycles. The van der Waals surface area contributed by atoms with E-state index in [1.807, 2.05) is 23.1 Å². The van der Waals surface area contributed by atoms with Gasteiger partial charge in [0.1, 0.15) is 17.6 Å². The van der Waals surface area contributed by atoms with E-state index >= 15 is 0 Å². The zero-order valence-corrected chi connectivity index (χ0v) is 23.3. The van der Waals surface area contributed by atoms with Crippen molar-refractivity contribution in [2.45, 2.75) is 79.4 Å². The fraction of sp³-hybridized carbons (Fsp3) is 0.516. The third-order valence-corrected chi connectivity index (χ3v) is 6.86. The Balaban J connectivity index is 2.04. The molecule has 1 amide bonds. The largest absolute Gasteiger partial charge is 0.508 e. The molecule has 6 nitrogen and oxygen atoms in total. The fourth-order valence-corrected chi connectivity index (χ4v) is 5.15. The lowest BCUT2D eigenvalue weighted by Gasteiger charge is -2.35. The molecule has 0 spiro atoms. The number of hydrogen-bond acceptors (Lipinski definition) is 5. The maximum absolute atomic E-state index is 14.0. The molecule has 0 bridgehead atoms. The first-order chi connectivity index (χ1) is 17.4. The van der Waals surface area contributed by atoms with Crippen molar-refractivity contribution < 1.29 is 19.4 Å². The van der Waals surface area contributed by atoms with Gasteiger partial charge >= 0.3 is 5.97 Å². The van der Waals surface area contributed by atoms with Crippen molar-refractivity contribution in [3.8, 4) is 5.75 Å². The average molecular weight is 507 g/mol. The summed E-state index contributed by atoms with van der Waals surface area (Å²) in [6.45, 7) is 13.3. The van der Waals surface area contributed by atoms with Crippen LogP contribution in [-0.4, -0.2) is 40.9 Å². The SMILES string of the molecule is COC(=O)c1ccc([C@@H](CCC(C)(C)C)N2C(=O)C(c3cccc(O)c3)=NC2CC(C)CC(C)C)cc1. The average Bonchev–Trinajstić information content (AvgIpc) is 3.13. The quantitative estimate of drug-likeness (QED) is 0.360. The van der Waals surface area contributed by atoms with Gasteiger partial charge in [0, 0.05) is 5.56 Å². The Labute approximate surface area is 221 Å². The Hall–Kier alpha value is -3.15. The molecule has 0 aromatic heterocycles. The summed E-state index contributed by atoms with van der Waals surface area (Å²) >= 11 is 0. The van der Waals surface area contributed by atoms with Crippen molar-refractivity contribution in [3.63, 3.8) is 0 Å². The summed E-state index contributed by atoms with van der Waals surface area (Å²) in [6.07, 6.45) is 3.19. The number of phenolic OH excluding ortho intramolecular Hbond substituents is 1. The zero-order chi connectivity index (χ0) is 27.3. The molecule has 6 heteroatoms. The first-order valence-corrected chi connectivity index (χ1v) is 13.3. The van der Waals surface area contributed by atoms with Gasteiger partial charge in [-0.3, -0.25) is 9.79 Å². The highest BCUT2D eigenvalue weighted by Crippen LogP contribution is 2.38. The van der Waals surface area contributed by atoms with Gasteiger partial charge < -0.3 is 14.7 Å². The first-order valence-electron chi connectivity index (χ1n) is 13.3. The van der Waals surface area contributed by atoms with E-state index in [1.165, 1.54) is 7.11 Å². The van der Waals surface area contributed by atoms with Crippen LogP contribution in [0.5, 0.6) is 5.75 Å². The molecule has 200 valence electrons. The Morgan fingerprint density at radius 3 is 2.35 bits per heavy atom. The van der Waals surface area contributed by atoms with Gasteiger partial charge in [-0.1, -0.05) is 65.8 Å². The van der Waals surface area contributed by atoms with E-state index in [-0.39, 0.29) is 35.2 Å². The van der Waals surface area contributed by atoms with Crippen molar-refractivity contribution in [3.05, 3.63) is 65.2 Å². The molecule has 3 rings (SSSR count). The number of carbonyl (C=O) groups excluding carboxylic acids is 2. The van der Waals surface area contributed by atoms with Crippen LogP contribution in [0.3, 0.4) is 0 Å². The number of aliphatic imine (C=N–C) groups is 1. The molecule has 2 unspecified atom stereocenters. The number of aromatic hydroxyl groups is 1. The van der Waals surface area contributed by atoms with Gasteiger partial charge in [0.25, 0.3) is 5.91 Å². The number of amides is 1. The van der Waals surface area contributed by atoms with Crippen molar-refractivity contribution in [1.82, 2.24) is 4.90 Å². The number of nitrogens with zero attached hydrogens (tertiary/aromatic N) is 2. The summed E-state index contributed by atoms with van der Waals surface area (Å²) in [4.78, 5) is 33.0. The molecule has 1 aliphatic heterocycles. The van der Waals surface area contributed by atoms with E-state index in [9.17, 15) is 14.7 Å². The minimum absolute atomic E-state index is 0.0856. The van der Waals surface area contributed by atoms with Crippen molar-refractivity contribution in [2.24, 2.45) is 22.2 Å². The third kappa shape index (κ3) is 7.43. The van der Waals surface area contributed by atoms with E-state index in [4.69, 9.17) is 9.73 Å². The molecule has 0 aliphatic carbocycles. The van der Waals surface area contributed by atoms with Crippen LogP contribution in [-0.2, 0) is 9.53 Å². The van der Waals surface area contributed by atoms with Crippen LogP contribution in [0.4, 0.5) is 0 Å². The van der Waals surface area contributed by atoms with Gasteiger partial charge in [-0.25, -0.2) is 4.79 Å². The highest BCUT2D eigenvalue weighted by Gasteiger charge is 2.40. The lowest BCUT2D eigenvalue weighted by molar-refractivity contribution is -0.127. The standard InChI is InChI=1S/C31H42N2O4/c1-20(2)17-21(3)18-27-32-28(24-9-8-10-25(34)19-24)29(35)33(27)26(15-16-31(4,5)6)22-11-13-23(14-12-22)30(36)37-7/h8-14,19-21,26-27,34H,15-18H2,1-7H3/t21?,26-,27?/m1/s1. The predicted molar refractivity (Wildman–Crippen MR) is 148 cm³/mol. The normalized spacial score (nSPS) is 17.6. The van der Waals surface area contributed by atoms with E-state index < -0.39 is 0 Å². The molecule has 1 aliphatic rings. The Bertz CT molecular complexity index is 1110. The van der Waals surface area contributed by atoms with Crippen molar-refractivity contribution in [1.29, 1.82) is 0 Å². The minimum Gasteiger partial charge on any atom is -0.508 e. The number of ether oxygens (including phenoxy) is 1. The van der Waals surface area contributed by atoms with Crippen LogP contribution < -0.4 is 0 Å². The number of esters is 1. The summed E-state index contributed by atoms with van der Waals surface area (Å²) in [5.41, 5.74) is 2.56.